The SMILES string of the molecule is C=CCCCCCCCCC(=O)NC(C)C(=O)O. The van der Waals surface area contributed by atoms with Gasteiger partial charge in [0.25, 0.3) is 0 Å². The normalized spacial score (nSPS) is 11.8. The van der Waals surface area contributed by atoms with E-state index in [9.17, 15) is 9.59 Å². The lowest BCUT2D eigenvalue weighted by atomic mass is 10.1. The molecule has 2 N–H and O–H groups in total. The number of aliphatic carboxylic acids is 1. The van der Waals surface area contributed by atoms with Crippen LogP contribution in [0.5, 0.6) is 0 Å². The maximum atomic E-state index is 11.3. The van der Waals surface area contributed by atoms with Gasteiger partial charge in [-0.15, -0.1) is 6.58 Å². The molecule has 0 aliphatic carbocycles. The van der Waals surface area contributed by atoms with E-state index in [0.717, 1.165) is 25.7 Å². The van der Waals surface area contributed by atoms with E-state index in [1.807, 2.05) is 6.08 Å². The molecule has 4 nitrogen and oxygen atoms in total. The lowest BCUT2D eigenvalue weighted by Gasteiger charge is -2.08. The highest BCUT2D eigenvalue weighted by Gasteiger charge is 2.12. The van der Waals surface area contributed by atoms with Gasteiger partial charge >= 0.3 is 5.97 Å². The van der Waals surface area contributed by atoms with Crippen LogP contribution in [0, 0.1) is 0 Å². The monoisotopic (exact) mass is 255 g/mol. The van der Waals surface area contributed by atoms with Crippen LogP contribution in [0.4, 0.5) is 0 Å². The lowest BCUT2D eigenvalue weighted by molar-refractivity contribution is -0.141. The predicted octanol–water partition coefficient (Wildman–Crippen LogP) is 2.88. The molecule has 0 radical (unpaired) electrons. The van der Waals surface area contributed by atoms with Gasteiger partial charge in [-0.3, -0.25) is 9.59 Å². The molecule has 0 aromatic rings. The van der Waals surface area contributed by atoms with Crippen molar-refractivity contribution < 1.29 is 14.7 Å². The number of amides is 1. The topological polar surface area (TPSA) is 66.4 Å². The van der Waals surface area contributed by atoms with Gasteiger partial charge in [0.15, 0.2) is 0 Å². The second-order valence-electron chi connectivity index (χ2n) is 4.58. The van der Waals surface area contributed by atoms with Gasteiger partial charge in [0.2, 0.25) is 5.91 Å². The fourth-order valence-electron chi connectivity index (χ4n) is 1.66. The summed E-state index contributed by atoms with van der Waals surface area (Å²) in [6, 6.07) is -0.795. The van der Waals surface area contributed by atoms with Gasteiger partial charge in [0, 0.05) is 6.42 Å². The molecule has 0 saturated heterocycles. The number of unbranched alkanes of at least 4 members (excludes halogenated alkanes) is 6. The van der Waals surface area contributed by atoms with Crippen molar-refractivity contribution in [1.82, 2.24) is 5.32 Å². The molecule has 4 heteroatoms. The van der Waals surface area contributed by atoms with Crippen molar-refractivity contribution in [3.05, 3.63) is 12.7 Å². The number of nitrogens with one attached hydrogen (secondary N) is 1. The standard InChI is InChI=1S/C14H25NO3/c1-3-4-5-6-7-8-9-10-11-13(16)15-12(2)14(17)18/h3,12H,1,4-11H2,2H3,(H,15,16)(H,17,18). The molecule has 0 rings (SSSR count). The van der Waals surface area contributed by atoms with E-state index >= 15 is 0 Å². The van der Waals surface area contributed by atoms with Crippen LogP contribution in [-0.2, 0) is 9.59 Å². The molecule has 0 aliphatic heterocycles. The molecule has 1 atom stereocenters. The van der Waals surface area contributed by atoms with E-state index in [-0.39, 0.29) is 5.91 Å². The molecule has 0 fully saturated rings. The minimum Gasteiger partial charge on any atom is -0.480 e. The Morgan fingerprint density at radius 2 is 1.72 bits per heavy atom. The van der Waals surface area contributed by atoms with Gasteiger partial charge in [0.1, 0.15) is 6.04 Å². The summed E-state index contributed by atoms with van der Waals surface area (Å²) in [5, 5.41) is 11.1. The Kier molecular flexibility index (Phi) is 10.0. The average molecular weight is 255 g/mol. The summed E-state index contributed by atoms with van der Waals surface area (Å²) in [5.41, 5.74) is 0. The highest BCUT2D eigenvalue weighted by molar-refractivity contribution is 5.83. The minimum atomic E-state index is -0.995. The summed E-state index contributed by atoms with van der Waals surface area (Å²) in [7, 11) is 0. The molecule has 0 aromatic heterocycles. The summed E-state index contributed by atoms with van der Waals surface area (Å²) < 4.78 is 0. The number of hydrogen-bond acceptors (Lipinski definition) is 2. The molecular weight excluding hydrogens is 230 g/mol. The zero-order chi connectivity index (χ0) is 13.8. The van der Waals surface area contributed by atoms with Crippen LogP contribution >= 0.6 is 0 Å². The summed E-state index contributed by atoms with van der Waals surface area (Å²) in [6.07, 6.45) is 10.0. The molecule has 1 unspecified atom stereocenters. The van der Waals surface area contributed by atoms with Crippen LogP contribution in [0.2, 0.25) is 0 Å². The van der Waals surface area contributed by atoms with E-state index in [1.165, 1.54) is 26.2 Å². The first-order chi connectivity index (χ1) is 8.57. The van der Waals surface area contributed by atoms with Crippen LogP contribution in [0.3, 0.4) is 0 Å². The highest BCUT2D eigenvalue weighted by atomic mass is 16.4. The number of carboxylic acid groups (broad SMARTS) is 1. The van der Waals surface area contributed by atoms with Crippen LogP contribution in [0.1, 0.15) is 58.3 Å². The van der Waals surface area contributed by atoms with Gasteiger partial charge in [0.05, 0.1) is 0 Å². The molecule has 104 valence electrons. The van der Waals surface area contributed by atoms with Gasteiger partial charge in [-0.05, 0) is 26.2 Å². The third kappa shape index (κ3) is 9.87. The summed E-state index contributed by atoms with van der Waals surface area (Å²) >= 11 is 0. The first-order valence-electron chi connectivity index (χ1n) is 6.71. The number of allylic oxidation sites excluding steroid dienone is 1. The zero-order valence-electron chi connectivity index (χ0n) is 11.3. The average Bonchev–Trinajstić information content (AvgIpc) is 2.32. The van der Waals surface area contributed by atoms with E-state index in [4.69, 9.17) is 5.11 Å². The maximum absolute atomic E-state index is 11.3. The summed E-state index contributed by atoms with van der Waals surface area (Å²) in [6.45, 7) is 5.15. The van der Waals surface area contributed by atoms with E-state index < -0.39 is 12.0 Å². The molecule has 0 aliphatic rings. The van der Waals surface area contributed by atoms with Gasteiger partial charge in [-0.1, -0.05) is 31.8 Å². The molecule has 0 bridgehead atoms. The van der Waals surface area contributed by atoms with Gasteiger partial charge in [-0.25, -0.2) is 0 Å². The third-order valence-corrected chi connectivity index (χ3v) is 2.81. The van der Waals surface area contributed by atoms with Crippen molar-refractivity contribution >= 4 is 11.9 Å². The summed E-state index contributed by atoms with van der Waals surface area (Å²) in [4.78, 5) is 21.9. The van der Waals surface area contributed by atoms with Gasteiger partial charge in [-0.2, -0.15) is 0 Å². The lowest BCUT2D eigenvalue weighted by Crippen LogP contribution is -2.38. The van der Waals surface area contributed by atoms with Crippen molar-refractivity contribution in [1.29, 1.82) is 0 Å². The maximum Gasteiger partial charge on any atom is 0.325 e. The minimum absolute atomic E-state index is 0.170. The van der Waals surface area contributed by atoms with Gasteiger partial charge < -0.3 is 10.4 Å². The Morgan fingerprint density at radius 3 is 2.28 bits per heavy atom. The van der Waals surface area contributed by atoms with Crippen LogP contribution in [0.15, 0.2) is 12.7 Å². The van der Waals surface area contributed by atoms with E-state index in [1.54, 1.807) is 0 Å². The number of rotatable bonds is 11. The molecule has 0 heterocycles. The number of carbonyl (C=O) groups is 2. The molecule has 0 spiro atoms. The Hall–Kier alpha value is -1.32. The van der Waals surface area contributed by atoms with Crippen molar-refractivity contribution in [3.63, 3.8) is 0 Å². The van der Waals surface area contributed by atoms with E-state index in [0.29, 0.717) is 6.42 Å². The fourth-order valence-corrected chi connectivity index (χ4v) is 1.66. The van der Waals surface area contributed by atoms with Crippen LogP contribution in [0.25, 0.3) is 0 Å². The highest BCUT2D eigenvalue weighted by Crippen LogP contribution is 2.08. The van der Waals surface area contributed by atoms with Crippen molar-refractivity contribution in [2.24, 2.45) is 0 Å². The molecular formula is C14H25NO3. The predicted molar refractivity (Wildman–Crippen MR) is 72.4 cm³/mol. The quantitative estimate of drug-likeness (QED) is 0.440. The molecule has 0 saturated carbocycles. The van der Waals surface area contributed by atoms with Crippen molar-refractivity contribution in [2.75, 3.05) is 0 Å². The number of hydrogen-bond donors (Lipinski definition) is 2. The van der Waals surface area contributed by atoms with Crippen molar-refractivity contribution in [3.8, 4) is 0 Å². The van der Waals surface area contributed by atoms with Crippen molar-refractivity contribution in [2.45, 2.75) is 64.3 Å². The molecule has 0 aromatic carbocycles. The largest absolute Gasteiger partial charge is 0.480 e. The zero-order valence-corrected chi connectivity index (χ0v) is 11.3. The number of carboxylic acids is 1. The fraction of sp³-hybridized carbons (Fsp3) is 0.714. The molecule has 18 heavy (non-hydrogen) atoms. The van der Waals surface area contributed by atoms with Crippen LogP contribution in [-0.4, -0.2) is 23.0 Å². The Bertz CT molecular complexity index is 264. The Morgan fingerprint density at radius 1 is 1.17 bits per heavy atom. The first-order valence-corrected chi connectivity index (χ1v) is 6.71. The first kappa shape index (κ1) is 16.7. The molecule has 1 amide bonds. The number of carbonyl (C=O) groups excluding carboxylic acids is 1. The Balaban J connectivity index is 3.35. The van der Waals surface area contributed by atoms with E-state index in [2.05, 4.69) is 11.9 Å². The van der Waals surface area contributed by atoms with Crippen LogP contribution < -0.4 is 5.32 Å². The third-order valence-electron chi connectivity index (χ3n) is 2.81. The smallest absolute Gasteiger partial charge is 0.325 e. The second-order valence-corrected chi connectivity index (χ2v) is 4.58. The second kappa shape index (κ2) is 10.8. The Labute approximate surface area is 109 Å². The summed E-state index contributed by atoms with van der Waals surface area (Å²) in [5.74, 6) is -1.16.